The zero-order valence-corrected chi connectivity index (χ0v) is 87.8. The quantitative estimate of drug-likeness (QED) is 0.00275. The first-order valence-electron chi connectivity index (χ1n) is 44.5. The number of amides is 8. The summed E-state index contributed by atoms with van der Waals surface area (Å²) >= 11 is 3.13. The summed E-state index contributed by atoms with van der Waals surface area (Å²) in [5, 5.41) is 12.8. The second-order valence-electron chi connectivity index (χ2n) is 35.0. The zero-order chi connectivity index (χ0) is 102. The Morgan fingerprint density at radius 1 is 0.475 bits per heavy atom. The Hall–Kier alpha value is -7.89. The van der Waals surface area contributed by atoms with E-state index in [2.05, 4.69) is 82.0 Å². The summed E-state index contributed by atoms with van der Waals surface area (Å²) < 4.78 is 199. The van der Waals surface area contributed by atoms with Crippen LogP contribution in [0.4, 0.5) is 27.2 Å². The van der Waals surface area contributed by atoms with Crippen molar-refractivity contribution < 1.29 is 146 Å². The number of hydrogen-bond acceptors (Lipinski definition) is 23. The van der Waals surface area contributed by atoms with Crippen LogP contribution in [-0.4, -0.2) is 177 Å². The Kier molecular flexibility index (Phi) is 67.7. The van der Waals surface area contributed by atoms with Gasteiger partial charge in [-0.2, -0.15) is 0 Å². The van der Waals surface area contributed by atoms with Crippen molar-refractivity contribution in [1.29, 1.82) is 0 Å². The number of alkyl halides is 1. The number of urea groups is 2. The van der Waals surface area contributed by atoms with E-state index in [-0.39, 0.29) is 183 Å². The number of sulfone groups is 3. The molecule has 3 unspecified atom stereocenters. The van der Waals surface area contributed by atoms with Gasteiger partial charge in [-0.05, 0) is 236 Å². The second kappa shape index (κ2) is 68.5. The monoisotopic (exact) mass is 2180 g/mol. The number of carbonyl (C=O) groups excluding carboxylic acids is 7. The molecule has 794 valence electrons. The Balaban J connectivity index is -0.000000794. The summed E-state index contributed by atoms with van der Waals surface area (Å²) in [6, 6.07) is 17.3. The van der Waals surface area contributed by atoms with Crippen LogP contribution in [0.3, 0.4) is 0 Å². The number of halogens is 6. The van der Waals surface area contributed by atoms with E-state index < -0.39 is 100 Å². The summed E-state index contributed by atoms with van der Waals surface area (Å²) in [7, 11) is -12.5. The predicted octanol–water partition coefficient (Wildman–Crippen LogP) is 17.1. The molecule has 4 saturated carbocycles. The van der Waals surface area contributed by atoms with Crippen molar-refractivity contribution in [3.8, 4) is 23.0 Å². The van der Waals surface area contributed by atoms with Gasteiger partial charge in [0, 0.05) is 34.9 Å². The Morgan fingerprint density at radius 2 is 0.823 bits per heavy atom. The van der Waals surface area contributed by atoms with E-state index >= 15 is 0 Å². The van der Waals surface area contributed by atoms with E-state index in [4.69, 9.17) is 35.4 Å². The van der Waals surface area contributed by atoms with Crippen molar-refractivity contribution >= 4 is 117 Å². The van der Waals surface area contributed by atoms with Gasteiger partial charge in [-0.15, -0.1) is 39.5 Å². The normalized spacial score (nSPS) is 18.2. The molecule has 28 nitrogen and oxygen atoms in total. The van der Waals surface area contributed by atoms with Gasteiger partial charge in [0.15, 0.2) is 75.8 Å². The molecular weight excluding hydrogens is 2020 g/mol. The van der Waals surface area contributed by atoms with E-state index in [0.717, 1.165) is 85.0 Å². The van der Waals surface area contributed by atoms with Crippen LogP contribution in [0.2, 0.25) is 0 Å². The van der Waals surface area contributed by atoms with E-state index in [1.165, 1.54) is 49.3 Å². The number of rotatable bonds is 46. The number of unbranched alkanes of at least 4 members (excludes halogenated alkanes) is 2. The minimum Gasteiger partial charge on any atom is -0.748 e. The van der Waals surface area contributed by atoms with Crippen molar-refractivity contribution in [2.75, 3.05) is 77.8 Å². The number of nitrogens with one attached hydrogen (secondary N) is 5. The zero-order valence-electron chi connectivity index (χ0n) is 79.4. The van der Waals surface area contributed by atoms with Gasteiger partial charge in [-0.25, -0.2) is 69.2 Å². The fourth-order valence-corrected chi connectivity index (χ4v) is 18.3. The standard InChI is InChI=1S/C22H31FN2O5S.C22H29FN2O5S.C16H21FO3S.C12H16FNO.C9H13NO2.C6H10O.C3H5Br.C3H5ClO2S.C3H6O3S.5CH4.Na/c2*1-15(17-8-9-18(23)19(12-17)30-13-16-6-7-16)14-31(28,29)11-5-3-4-10-22(2)20(26)24-21(27)25-22;1-3-8-21(18,19)11-12(2)14-6-7-15(17)16(9-14)20-10-13-4-5-13;1-8(14)10-4-5-11(13)12(6-10)15-7-9-2-3-9;1-3-4-5-9(2)6-7(11)10-8(9)12;1-3-4-5-6(2)7;1-2-3-4;2*1-2-3-7(4,5)6;;;;;;/h8-9,12,15-16H,3-7,10-11,13-14H2,1-2H3,(H2,24,25,26,27);3,5,8-9,12,15-16H,4,6-7,10-11,13-14H2,1-2H3,(H2,24,25,26,27);3,6-7,9,12-13H,1,4-5,8,10-11H2,2H3;4-6,8-9H,2-3,7,14H2,1H3;3H,1,4-6H2,2H3,(H,10,11,12);3H,1,4-5H2,2H3;2H,1,3H2;2H,1,3H2;2H,1,3H2,(H,4,5,6);5*1H4;/q;;;;;;;;;;;;;;+1/p-1/b;5-3+;;;;;;;;;;;;;/t2*15-,22?;12-;8-;;;;;;;;;;;/m0001.........../s1. The summed E-state index contributed by atoms with van der Waals surface area (Å²) in [6.45, 7) is 36.3. The van der Waals surface area contributed by atoms with E-state index in [9.17, 15) is 97.8 Å². The van der Waals surface area contributed by atoms with Crippen molar-refractivity contribution in [2.24, 2.45) is 34.8 Å². The number of Topliss-reactive ketones (excluding diaryl/α,β-unsaturated/α-hetero) is 1. The van der Waals surface area contributed by atoms with E-state index in [1.807, 2.05) is 27.7 Å². The van der Waals surface area contributed by atoms with Gasteiger partial charge < -0.3 is 44.7 Å². The molecule has 40 heteroatoms. The fourth-order valence-electron chi connectivity index (χ4n) is 12.7. The van der Waals surface area contributed by atoms with Gasteiger partial charge >= 0.3 is 41.6 Å². The summed E-state index contributed by atoms with van der Waals surface area (Å²) in [5.41, 5.74) is 6.47. The van der Waals surface area contributed by atoms with Crippen LogP contribution in [0.15, 0.2) is 161 Å². The van der Waals surface area contributed by atoms with Crippen LogP contribution in [0.25, 0.3) is 0 Å². The molecule has 4 aromatic carbocycles. The fraction of sp³-hybridized carbons (Fsp3) is 0.554. The molecule has 3 heterocycles. The van der Waals surface area contributed by atoms with Gasteiger partial charge in [-0.3, -0.25) is 35.1 Å². The number of nitrogens with two attached hydrogens (primary N) is 1. The molecular formula is C101H155BrClF4N6NaO22S5. The molecule has 8 amide bonds. The van der Waals surface area contributed by atoms with Crippen molar-refractivity contribution in [3.05, 3.63) is 206 Å². The predicted molar refractivity (Wildman–Crippen MR) is 557 cm³/mol. The maximum atomic E-state index is 14.0. The number of ketones is 1. The largest absolute Gasteiger partial charge is 1.00 e. The maximum absolute atomic E-state index is 14.0. The van der Waals surface area contributed by atoms with Crippen molar-refractivity contribution in [3.63, 3.8) is 0 Å². The van der Waals surface area contributed by atoms with Crippen LogP contribution in [0, 0.1) is 52.4 Å². The molecule has 0 bridgehead atoms. The smallest absolute Gasteiger partial charge is 0.748 e. The number of hydrogen-bond donors (Lipinski definition) is 6. The molecule has 0 radical (unpaired) electrons. The van der Waals surface area contributed by atoms with Crippen LogP contribution >= 0.6 is 26.6 Å². The van der Waals surface area contributed by atoms with E-state index in [1.54, 1.807) is 107 Å². The van der Waals surface area contributed by atoms with Gasteiger partial charge in [0.1, 0.15) is 16.9 Å². The topological polar surface area (TPSA) is 436 Å². The Bertz CT molecular complexity index is 5260. The molecule has 7 fully saturated rings. The Morgan fingerprint density at radius 3 is 1.10 bits per heavy atom. The molecule has 4 aliphatic carbocycles. The molecule has 4 aromatic rings. The maximum Gasteiger partial charge on any atom is 1.00 e. The van der Waals surface area contributed by atoms with Crippen LogP contribution < -0.4 is 80.8 Å². The molecule has 7 aliphatic rings. The summed E-state index contributed by atoms with van der Waals surface area (Å²) in [5.74, 6) is -0.912. The number of carbonyl (C=O) groups is 7. The minimum atomic E-state index is -4.04. The first-order valence-corrected chi connectivity index (χ1v) is 55.2. The van der Waals surface area contributed by atoms with Crippen LogP contribution in [0.5, 0.6) is 23.0 Å². The van der Waals surface area contributed by atoms with Crippen LogP contribution in [0.1, 0.15) is 261 Å². The van der Waals surface area contributed by atoms with Gasteiger partial charge in [0.25, 0.3) is 11.8 Å². The van der Waals surface area contributed by atoms with Gasteiger partial charge in [0.2, 0.25) is 20.9 Å². The SMILES string of the molecule is C.C.C.C.C.C=CCBr.C=CCCC(C)=O.C=CCCC1(C)CC(=O)NC1=O.C=CCS(=O)(=O)C[C@H](C)c1ccc(F)c(OCC2CC2)c1.C=CCS(=O)(=O)Cl.C=CCS(=O)(=O)[O-].C[C@@H](CS(=O)(=O)C/C=C/CCC1(C)NC(=O)NC1=O)c1ccc(F)c(OCC2CC2)c1.C[C@@H](CS(=O)(=O)CCCCCC1(C)NC(=O)NC1=O)c1ccc(F)c(OCC2CC2)c1.C[C@@H](N)c1ccc(F)c(OCC2CC2)c1.[Na+]. The Labute approximate surface area is 873 Å². The molecule has 7 N–H and O–H groups in total. The average molecular weight is 2180 g/mol. The number of ether oxygens (including phenoxy) is 4. The first-order chi connectivity index (χ1) is 63.1. The molecule has 7 atom stereocenters. The molecule has 11 rings (SSSR count). The van der Waals surface area contributed by atoms with Gasteiger partial charge in [-0.1, -0.05) is 166 Å². The number of imide groups is 3. The first kappa shape index (κ1) is 139. The third kappa shape index (κ3) is 59.4. The summed E-state index contributed by atoms with van der Waals surface area (Å²) in [6.07, 6.45) is 27.7. The van der Waals surface area contributed by atoms with Gasteiger partial charge in [0.05, 0.1) is 88.0 Å². The third-order valence-corrected chi connectivity index (χ3v) is 29.0. The van der Waals surface area contributed by atoms with Crippen molar-refractivity contribution in [2.45, 2.75) is 249 Å². The van der Waals surface area contributed by atoms with E-state index in [0.29, 0.717) is 114 Å². The molecule has 3 saturated heterocycles. The van der Waals surface area contributed by atoms with Crippen LogP contribution in [-0.2, 0) is 72.7 Å². The molecule has 0 aromatic heterocycles. The summed E-state index contributed by atoms with van der Waals surface area (Å²) in [4.78, 5) is 78.3. The molecule has 0 spiro atoms. The third-order valence-electron chi connectivity index (χ3n) is 21.5. The minimum absolute atomic E-state index is 0. The molecule has 3 aliphatic heterocycles. The number of allylic oxidation sites excluding steroid dienone is 4. The second-order valence-corrected chi connectivity index (χ2v) is 46.5. The number of benzene rings is 4. The average Bonchev–Trinajstić information content (AvgIpc) is 1.62. The van der Waals surface area contributed by atoms with Crippen molar-refractivity contribution in [1.82, 2.24) is 26.6 Å². The molecule has 141 heavy (non-hydrogen) atoms.